The summed E-state index contributed by atoms with van der Waals surface area (Å²) in [5.41, 5.74) is 0. The Morgan fingerprint density at radius 2 is 0.419 bits per heavy atom. The van der Waals surface area contributed by atoms with Crippen molar-refractivity contribution in [3.8, 4) is 0 Å². The summed E-state index contributed by atoms with van der Waals surface area (Å²) in [6.45, 7) is 2.31. The van der Waals surface area contributed by atoms with Crippen LogP contribution in [0.2, 0.25) is 0 Å². The topological polar surface area (TPSA) is 0 Å². The Kier molecular flexibility index (Phi) is 30.9. The molecule has 0 aliphatic carbocycles. The lowest BCUT2D eigenvalue weighted by molar-refractivity contribution is 0.514. The predicted octanol–water partition coefficient (Wildman–Crippen LogP) is 11.8. The van der Waals surface area contributed by atoms with E-state index in [-0.39, 0.29) is 0 Å². The standard InChI is InChI=1S/C30H63P/c1-2-3-4-5-6-7-8-9-10-11-12-13-14-15-16-17-18-19-20-21-22-23-24-25-26-27-28-29-30-31/h2-31H2,1H3. The van der Waals surface area contributed by atoms with Crippen molar-refractivity contribution in [3.05, 3.63) is 0 Å². The van der Waals surface area contributed by atoms with Crippen molar-refractivity contribution in [1.29, 1.82) is 0 Å². The Morgan fingerprint density at radius 3 is 0.581 bits per heavy atom. The van der Waals surface area contributed by atoms with E-state index in [1.807, 2.05) is 0 Å². The number of hydrogen-bond acceptors (Lipinski definition) is 0. The smallest absolute Gasteiger partial charge is 0.0381 e. The van der Waals surface area contributed by atoms with Crippen molar-refractivity contribution in [3.63, 3.8) is 0 Å². The molecule has 1 unspecified atom stereocenters. The first-order chi connectivity index (χ1) is 15.4. The summed E-state index contributed by atoms with van der Waals surface area (Å²) in [5.74, 6) is 0. The normalized spacial score (nSPS) is 11.4. The van der Waals surface area contributed by atoms with Crippen LogP contribution in [0.4, 0.5) is 0 Å². The summed E-state index contributed by atoms with van der Waals surface area (Å²) in [4.78, 5) is 0. The Labute approximate surface area is 202 Å². The third-order valence-corrected chi connectivity index (χ3v) is 7.47. The number of unbranched alkanes of at least 4 members (excludes halogenated alkanes) is 27. The van der Waals surface area contributed by atoms with E-state index in [1.165, 1.54) is 186 Å². The molecule has 0 rings (SSSR count). The minimum absolute atomic E-state index is 1.29. The summed E-state index contributed by atoms with van der Waals surface area (Å²) in [6, 6.07) is 0. The van der Waals surface area contributed by atoms with Crippen molar-refractivity contribution < 1.29 is 0 Å². The van der Waals surface area contributed by atoms with Gasteiger partial charge in [0, 0.05) is 0 Å². The molecule has 0 aromatic heterocycles. The average molecular weight is 455 g/mol. The highest BCUT2D eigenvalue weighted by molar-refractivity contribution is 7.16. The maximum Gasteiger partial charge on any atom is -0.0381 e. The van der Waals surface area contributed by atoms with Gasteiger partial charge in [-0.25, -0.2) is 0 Å². The molecule has 0 aromatic rings. The van der Waals surface area contributed by atoms with Gasteiger partial charge < -0.3 is 0 Å². The molecule has 0 bridgehead atoms. The molecule has 0 aliphatic heterocycles. The summed E-state index contributed by atoms with van der Waals surface area (Å²) in [7, 11) is 2.84. The second-order valence-electron chi connectivity index (χ2n) is 10.3. The van der Waals surface area contributed by atoms with E-state index in [0.29, 0.717) is 0 Å². The molecule has 0 saturated carbocycles. The number of hydrogen-bond donors (Lipinski definition) is 0. The summed E-state index contributed by atoms with van der Waals surface area (Å²) >= 11 is 0. The van der Waals surface area contributed by atoms with Crippen molar-refractivity contribution >= 4 is 9.24 Å². The molecule has 188 valence electrons. The highest BCUT2D eigenvalue weighted by Gasteiger charge is 1.96. The van der Waals surface area contributed by atoms with Crippen LogP contribution in [0.15, 0.2) is 0 Å². The van der Waals surface area contributed by atoms with E-state index in [1.54, 1.807) is 0 Å². The lowest BCUT2D eigenvalue weighted by Crippen LogP contribution is -1.85. The molecule has 1 atom stereocenters. The van der Waals surface area contributed by atoms with Crippen molar-refractivity contribution in [2.45, 2.75) is 187 Å². The van der Waals surface area contributed by atoms with Gasteiger partial charge in [0.25, 0.3) is 0 Å². The van der Waals surface area contributed by atoms with Crippen molar-refractivity contribution in [2.75, 3.05) is 6.16 Å². The Balaban J connectivity index is 2.98. The van der Waals surface area contributed by atoms with Crippen molar-refractivity contribution in [1.82, 2.24) is 0 Å². The third-order valence-electron chi connectivity index (χ3n) is 7.06. The fourth-order valence-electron chi connectivity index (χ4n) is 4.81. The van der Waals surface area contributed by atoms with Crippen LogP contribution in [0.3, 0.4) is 0 Å². The molecule has 0 fully saturated rings. The zero-order valence-corrected chi connectivity index (χ0v) is 23.2. The molecule has 0 spiro atoms. The van der Waals surface area contributed by atoms with E-state index >= 15 is 0 Å². The molecule has 1 heteroatoms. The van der Waals surface area contributed by atoms with Crippen LogP contribution in [0.1, 0.15) is 187 Å². The van der Waals surface area contributed by atoms with Gasteiger partial charge in [0.1, 0.15) is 0 Å². The first-order valence-electron chi connectivity index (χ1n) is 15.1. The van der Waals surface area contributed by atoms with Gasteiger partial charge in [0.2, 0.25) is 0 Å². The van der Waals surface area contributed by atoms with Crippen LogP contribution in [0, 0.1) is 0 Å². The zero-order valence-electron chi connectivity index (χ0n) is 22.1. The van der Waals surface area contributed by atoms with E-state index < -0.39 is 0 Å². The lowest BCUT2D eigenvalue weighted by atomic mass is 10.0. The van der Waals surface area contributed by atoms with E-state index in [9.17, 15) is 0 Å². The van der Waals surface area contributed by atoms with Gasteiger partial charge >= 0.3 is 0 Å². The lowest BCUT2D eigenvalue weighted by Gasteiger charge is -2.04. The highest BCUT2D eigenvalue weighted by atomic mass is 31.0. The van der Waals surface area contributed by atoms with E-state index in [0.717, 1.165) is 0 Å². The Morgan fingerprint density at radius 1 is 0.258 bits per heavy atom. The van der Waals surface area contributed by atoms with Crippen molar-refractivity contribution in [2.24, 2.45) is 0 Å². The summed E-state index contributed by atoms with van der Waals surface area (Å²) in [6.07, 6.45) is 42.7. The van der Waals surface area contributed by atoms with Gasteiger partial charge in [-0.3, -0.25) is 0 Å². The minimum atomic E-state index is 1.29. The maximum atomic E-state index is 2.84. The molecule has 0 radical (unpaired) electrons. The highest BCUT2D eigenvalue weighted by Crippen LogP contribution is 2.16. The van der Waals surface area contributed by atoms with Gasteiger partial charge in [-0.15, -0.1) is 9.24 Å². The average Bonchev–Trinajstić information content (AvgIpc) is 2.78. The fraction of sp³-hybridized carbons (Fsp3) is 1.00. The molecule has 0 saturated heterocycles. The van der Waals surface area contributed by atoms with Crippen LogP contribution in [-0.4, -0.2) is 6.16 Å². The quantitative estimate of drug-likeness (QED) is 0.0814. The minimum Gasteiger partial charge on any atom is -0.138 e. The monoisotopic (exact) mass is 454 g/mol. The molecule has 31 heavy (non-hydrogen) atoms. The number of rotatable bonds is 28. The molecule has 0 amide bonds. The second kappa shape index (κ2) is 30.4. The molecule has 0 nitrogen and oxygen atoms in total. The van der Waals surface area contributed by atoms with Crippen LogP contribution in [-0.2, 0) is 0 Å². The summed E-state index contributed by atoms with van der Waals surface area (Å²) < 4.78 is 0. The van der Waals surface area contributed by atoms with Gasteiger partial charge in [0.15, 0.2) is 0 Å². The molecule has 0 aliphatic rings. The van der Waals surface area contributed by atoms with E-state index in [2.05, 4.69) is 16.2 Å². The van der Waals surface area contributed by atoms with Gasteiger partial charge in [-0.05, 0) is 12.6 Å². The molecule has 0 N–H and O–H groups in total. The van der Waals surface area contributed by atoms with Gasteiger partial charge in [-0.1, -0.05) is 180 Å². The SMILES string of the molecule is CCCCCCCCCCCCCCCCCCCCCCCCCCCCCCP. The first-order valence-corrected chi connectivity index (χ1v) is 15.9. The fourth-order valence-corrected chi connectivity index (χ4v) is 5.10. The second-order valence-corrected chi connectivity index (χ2v) is 10.9. The van der Waals surface area contributed by atoms with Crippen LogP contribution in [0.25, 0.3) is 0 Å². The maximum absolute atomic E-state index is 2.84. The van der Waals surface area contributed by atoms with E-state index in [4.69, 9.17) is 0 Å². The van der Waals surface area contributed by atoms with Crippen LogP contribution >= 0.6 is 9.24 Å². The molecular formula is C30H63P. The molecule has 0 aromatic carbocycles. The largest absolute Gasteiger partial charge is 0.138 e. The third kappa shape index (κ3) is 30.4. The Bertz CT molecular complexity index is 260. The molecule has 0 heterocycles. The molecular weight excluding hydrogens is 391 g/mol. The summed E-state index contributed by atoms with van der Waals surface area (Å²) in [5, 5.41) is 0. The Hall–Kier alpha value is 0.430. The predicted molar refractivity (Wildman–Crippen MR) is 150 cm³/mol. The zero-order chi connectivity index (χ0) is 22.5. The van der Waals surface area contributed by atoms with Gasteiger partial charge in [-0.2, -0.15) is 0 Å². The first kappa shape index (κ1) is 31.4. The van der Waals surface area contributed by atoms with Crippen LogP contribution < -0.4 is 0 Å². The van der Waals surface area contributed by atoms with Crippen LogP contribution in [0.5, 0.6) is 0 Å². The van der Waals surface area contributed by atoms with Gasteiger partial charge in [0.05, 0.1) is 0 Å².